The zero-order chi connectivity index (χ0) is 6.41. The van der Waals surface area contributed by atoms with Gasteiger partial charge in [-0.1, -0.05) is 0 Å². The van der Waals surface area contributed by atoms with Crippen molar-refractivity contribution >= 4 is 0 Å². The highest BCUT2D eigenvalue weighted by molar-refractivity contribution is 4.27. The molecule has 0 aromatic heterocycles. The minimum absolute atomic E-state index is 0.854. The number of methoxy groups -OCH3 is 1. The molecule has 0 rings (SSSR count). The van der Waals surface area contributed by atoms with E-state index >= 15 is 0 Å². The third kappa shape index (κ3) is 5.92. The summed E-state index contributed by atoms with van der Waals surface area (Å²) in [6.45, 7) is 1.95. The minimum Gasteiger partial charge on any atom is -0.470 e. The first-order valence-corrected chi connectivity index (χ1v) is 2.90. The first-order chi connectivity index (χ1) is 3.77. The molecule has 1 atom stereocenters. The van der Waals surface area contributed by atoms with Gasteiger partial charge in [0.15, 0.2) is 0 Å². The van der Waals surface area contributed by atoms with Crippen LogP contribution >= 0.6 is 0 Å². The summed E-state index contributed by atoms with van der Waals surface area (Å²) in [5.74, 6) is 0. The Bertz CT molecular complexity index is 45.8. The first kappa shape index (κ1) is 7.92. The van der Waals surface area contributed by atoms with Crippen LogP contribution in [0.3, 0.4) is 0 Å². The second kappa shape index (κ2) is 5.06. The third-order valence-corrected chi connectivity index (χ3v) is 0.952. The van der Waals surface area contributed by atoms with Gasteiger partial charge in [-0.05, 0) is 0 Å². The molecule has 1 unspecified atom stereocenters. The smallest absolute Gasteiger partial charge is 0.0550 e. The maximum absolute atomic E-state index is 4.85. The van der Waals surface area contributed by atoms with Crippen LogP contribution in [0.25, 0.3) is 0 Å². The Balaban J connectivity index is 2.72. The summed E-state index contributed by atoms with van der Waals surface area (Å²) in [6.07, 6.45) is 1.10. The summed E-state index contributed by atoms with van der Waals surface area (Å²) in [4.78, 5) is 1.24. The van der Waals surface area contributed by atoms with E-state index in [9.17, 15) is 0 Å². The van der Waals surface area contributed by atoms with Crippen molar-refractivity contribution in [2.45, 2.75) is 6.42 Å². The van der Waals surface area contributed by atoms with Gasteiger partial charge in [-0.2, -0.15) is 7.05 Å². The molecule has 0 aliphatic heterocycles. The van der Waals surface area contributed by atoms with E-state index in [-0.39, 0.29) is 0 Å². The highest BCUT2D eigenvalue weighted by Gasteiger charge is 1.85. The van der Waals surface area contributed by atoms with Crippen LogP contribution in [0.4, 0.5) is 0 Å². The van der Waals surface area contributed by atoms with Crippen LogP contribution in [-0.4, -0.2) is 27.3 Å². The van der Waals surface area contributed by atoms with E-state index < -0.39 is 0 Å². The van der Waals surface area contributed by atoms with Crippen LogP contribution in [0.5, 0.6) is 0 Å². The molecule has 0 radical (unpaired) electrons. The average Bonchev–Trinajstić information content (AvgIpc) is 1.66. The summed E-state index contributed by atoms with van der Waals surface area (Å²) in [6, 6.07) is 0. The Morgan fingerprint density at radius 2 is 2.25 bits per heavy atom. The Labute approximate surface area is 51.4 Å². The topological polar surface area (TPSA) is 13.7 Å². The maximum Gasteiger partial charge on any atom is 0.0550 e. The van der Waals surface area contributed by atoms with Gasteiger partial charge in [-0.15, -0.1) is 0 Å². The molecule has 0 saturated heterocycles. The zero-order valence-electron chi connectivity index (χ0n) is 5.74. The van der Waals surface area contributed by atoms with Gasteiger partial charge in [0.2, 0.25) is 0 Å². The molecular formula is C6H15NO. The predicted octanol–water partition coefficient (Wildman–Crippen LogP) is -0.671. The molecule has 0 fully saturated rings. The second-order valence-electron chi connectivity index (χ2n) is 2.05. The van der Waals surface area contributed by atoms with Gasteiger partial charge < -0.3 is 9.64 Å². The average molecular weight is 117 g/mol. The van der Waals surface area contributed by atoms with Gasteiger partial charge in [0.25, 0.3) is 0 Å². The standard InChI is InChI=1S/C6H15NO/c1-7(2)5-4-6-8-3/h7H,1,4-6H2,2-3H3. The SMILES string of the molecule is [CH2-][NH+](C)CCCOC. The van der Waals surface area contributed by atoms with E-state index in [1.807, 2.05) is 7.05 Å². The molecule has 1 N–H and O–H groups in total. The summed E-state index contributed by atoms with van der Waals surface area (Å²) in [7, 11) is 7.53. The van der Waals surface area contributed by atoms with Crippen molar-refractivity contribution in [1.82, 2.24) is 0 Å². The maximum atomic E-state index is 4.85. The van der Waals surface area contributed by atoms with Crippen LogP contribution in [0.15, 0.2) is 0 Å². The van der Waals surface area contributed by atoms with Gasteiger partial charge in [-0.3, -0.25) is 0 Å². The van der Waals surface area contributed by atoms with E-state index in [0.717, 1.165) is 19.6 Å². The quantitative estimate of drug-likeness (QED) is 0.381. The minimum atomic E-state index is 0.854. The van der Waals surface area contributed by atoms with E-state index in [2.05, 4.69) is 7.05 Å². The lowest BCUT2D eigenvalue weighted by atomic mass is 10.4. The van der Waals surface area contributed by atoms with Crippen molar-refractivity contribution in [1.29, 1.82) is 0 Å². The highest BCUT2D eigenvalue weighted by atomic mass is 16.5. The molecule has 0 heterocycles. The number of nitrogens with one attached hydrogen (secondary N) is 1. The molecule has 50 valence electrons. The van der Waals surface area contributed by atoms with Gasteiger partial charge >= 0.3 is 0 Å². The Morgan fingerprint density at radius 1 is 1.62 bits per heavy atom. The van der Waals surface area contributed by atoms with Crippen molar-refractivity contribution in [2.75, 3.05) is 27.3 Å². The second-order valence-corrected chi connectivity index (χ2v) is 2.05. The zero-order valence-corrected chi connectivity index (χ0v) is 5.74. The fourth-order valence-corrected chi connectivity index (χ4v) is 0.518. The predicted molar refractivity (Wildman–Crippen MR) is 33.6 cm³/mol. The lowest BCUT2D eigenvalue weighted by Gasteiger charge is -2.12. The molecule has 0 aliphatic carbocycles. The summed E-state index contributed by atoms with van der Waals surface area (Å²) in [5, 5.41) is 0. The molecule has 2 heteroatoms. The molecule has 0 bridgehead atoms. The van der Waals surface area contributed by atoms with Gasteiger partial charge in [-0.25, -0.2) is 0 Å². The number of hydrogen-bond acceptors (Lipinski definition) is 1. The molecule has 0 spiro atoms. The lowest BCUT2D eigenvalue weighted by Crippen LogP contribution is -3.03. The van der Waals surface area contributed by atoms with Crippen LogP contribution in [-0.2, 0) is 4.74 Å². The number of quaternary nitrogens is 1. The van der Waals surface area contributed by atoms with E-state index in [0.29, 0.717) is 0 Å². The van der Waals surface area contributed by atoms with Crippen LogP contribution in [0, 0.1) is 7.05 Å². The fourth-order valence-electron chi connectivity index (χ4n) is 0.518. The molecule has 0 aromatic rings. The fraction of sp³-hybridized carbons (Fsp3) is 0.833. The van der Waals surface area contributed by atoms with Crippen LogP contribution in [0.1, 0.15) is 6.42 Å². The normalized spacial score (nSPS) is 13.9. The first-order valence-electron chi connectivity index (χ1n) is 2.90. The van der Waals surface area contributed by atoms with Crippen molar-refractivity contribution in [3.8, 4) is 0 Å². The summed E-state index contributed by atoms with van der Waals surface area (Å²) >= 11 is 0. The van der Waals surface area contributed by atoms with Crippen molar-refractivity contribution in [3.63, 3.8) is 0 Å². The van der Waals surface area contributed by atoms with Gasteiger partial charge in [0.05, 0.1) is 13.2 Å². The van der Waals surface area contributed by atoms with Crippen molar-refractivity contribution < 1.29 is 9.64 Å². The molecule has 0 amide bonds. The molecule has 0 saturated carbocycles. The van der Waals surface area contributed by atoms with E-state index in [1.165, 1.54) is 4.90 Å². The molecule has 0 aliphatic rings. The monoisotopic (exact) mass is 117 g/mol. The highest BCUT2D eigenvalue weighted by Crippen LogP contribution is 1.71. The number of rotatable bonds is 4. The summed E-state index contributed by atoms with van der Waals surface area (Å²) in [5.41, 5.74) is 0. The number of hydrogen-bond donors (Lipinski definition) is 1. The van der Waals surface area contributed by atoms with Crippen LogP contribution < -0.4 is 4.90 Å². The number of ether oxygens (including phenoxy) is 1. The van der Waals surface area contributed by atoms with Crippen molar-refractivity contribution in [3.05, 3.63) is 7.05 Å². The molecule has 0 aromatic carbocycles. The van der Waals surface area contributed by atoms with Crippen LogP contribution in [0.2, 0.25) is 0 Å². The van der Waals surface area contributed by atoms with E-state index in [1.54, 1.807) is 7.11 Å². The van der Waals surface area contributed by atoms with Gasteiger partial charge in [0, 0.05) is 20.6 Å². The third-order valence-electron chi connectivity index (χ3n) is 0.952. The Morgan fingerprint density at radius 3 is 2.62 bits per heavy atom. The lowest BCUT2D eigenvalue weighted by molar-refractivity contribution is -0.831. The summed E-state index contributed by atoms with van der Waals surface area (Å²) < 4.78 is 4.85. The van der Waals surface area contributed by atoms with Gasteiger partial charge in [0.1, 0.15) is 0 Å². The van der Waals surface area contributed by atoms with Crippen molar-refractivity contribution in [2.24, 2.45) is 0 Å². The largest absolute Gasteiger partial charge is 0.470 e. The molecular weight excluding hydrogens is 102 g/mol. The Hall–Kier alpha value is -0.0800. The van der Waals surface area contributed by atoms with E-state index in [4.69, 9.17) is 4.74 Å². The Kier molecular flexibility index (Phi) is 5.01. The molecule has 2 nitrogen and oxygen atoms in total. The molecule has 8 heavy (non-hydrogen) atoms.